The summed E-state index contributed by atoms with van der Waals surface area (Å²) in [6, 6.07) is 9.34. The van der Waals surface area contributed by atoms with Gasteiger partial charge in [-0.05, 0) is 87.2 Å². The standard InChI is InChI=1S/C26H38N6S/c1-17(2)18-9-11-20(12-10-18)28-26(33)29-21-15-13-19(14-16-21)27-25-30-23-8-6-5-7-22(23)24(31-25)32(3)4/h9-12,17,19,21H,5-8,13-16H2,1-4H3,(H,27,30,31)(H2,28,29,33). The molecule has 1 saturated carbocycles. The van der Waals surface area contributed by atoms with Gasteiger partial charge in [-0.3, -0.25) is 0 Å². The molecular formula is C26H38N6S. The molecule has 1 fully saturated rings. The second-order valence-electron chi connectivity index (χ2n) is 9.97. The zero-order chi connectivity index (χ0) is 23.4. The maximum atomic E-state index is 5.57. The highest BCUT2D eigenvalue weighted by molar-refractivity contribution is 7.80. The smallest absolute Gasteiger partial charge is 0.225 e. The Bertz CT molecular complexity index is 948. The van der Waals surface area contributed by atoms with Crippen molar-refractivity contribution >= 4 is 34.8 Å². The van der Waals surface area contributed by atoms with Crippen molar-refractivity contribution in [3.05, 3.63) is 41.1 Å². The van der Waals surface area contributed by atoms with Gasteiger partial charge in [0.2, 0.25) is 5.95 Å². The first kappa shape index (κ1) is 23.7. The third-order valence-electron chi connectivity index (χ3n) is 6.82. The predicted octanol–water partition coefficient (Wildman–Crippen LogP) is 5.25. The molecular weight excluding hydrogens is 428 g/mol. The molecule has 0 saturated heterocycles. The number of aromatic nitrogens is 2. The van der Waals surface area contributed by atoms with Gasteiger partial charge in [0, 0.05) is 37.4 Å². The summed E-state index contributed by atoms with van der Waals surface area (Å²) in [6.45, 7) is 4.41. The number of hydrogen-bond acceptors (Lipinski definition) is 5. The number of rotatable bonds is 6. The summed E-state index contributed by atoms with van der Waals surface area (Å²) in [5.74, 6) is 2.40. The zero-order valence-electron chi connectivity index (χ0n) is 20.4. The van der Waals surface area contributed by atoms with Gasteiger partial charge >= 0.3 is 0 Å². The van der Waals surface area contributed by atoms with E-state index in [1.54, 1.807) is 0 Å². The van der Waals surface area contributed by atoms with Crippen molar-refractivity contribution in [3.8, 4) is 0 Å². The molecule has 178 valence electrons. The Labute approximate surface area is 204 Å². The van der Waals surface area contributed by atoms with Crippen molar-refractivity contribution in [2.24, 2.45) is 0 Å². The van der Waals surface area contributed by atoms with Crippen molar-refractivity contribution in [1.82, 2.24) is 15.3 Å². The average Bonchev–Trinajstić information content (AvgIpc) is 2.80. The summed E-state index contributed by atoms with van der Waals surface area (Å²) in [6.07, 6.45) is 8.95. The highest BCUT2D eigenvalue weighted by atomic mass is 32.1. The number of nitrogens with zero attached hydrogens (tertiary/aromatic N) is 3. The van der Waals surface area contributed by atoms with Crippen molar-refractivity contribution in [2.75, 3.05) is 29.6 Å². The molecule has 33 heavy (non-hydrogen) atoms. The molecule has 7 heteroatoms. The van der Waals surface area contributed by atoms with E-state index in [2.05, 4.69) is 73.1 Å². The lowest BCUT2D eigenvalue weighted by Gasteiger charge is -2.31. The van der Waals surface area contributed by atoms with Crippen LogP contribution in [-0.4, -0.2) is 41.3 Å². The maximum absolute atomic E-state index is 5.57. The Balaban J connectivity index is 1.28. The van der Waals surface area contributed by atoms with Gasteiger partial charge in [0.1, 0.15) is 5.82 Å². The molecule has 2 aliphatic carbocycles. The van der Waals surface area contributed by atoms with Crippen LogP contribution < -0.4 is 20.9 Å². The van der Waals surface area contributed by atoms with Gasteiger partial charge in [0.05, 0.1) is 5.69 Å². The predicted molar refractivity (Wildman–Crippen MR) is 143 cm³/mol. The van der Waals surface area contributed by atoms with Gasteiger partial charge in [0.15, 0.2) is 5.11 Å². The number of benzene rings is 1. The molecule has 0 spiro atoms. The van der Waals surface area contributed by atoms with E-state index in [4.69, 9.17) is 22.2 Å². The van der Waals surface area contributed by atoms with Crippen LogP contribution in [-0.2, 0) is 12.8 Å². The highest BCUT2D eigenvalue weighted by Crippen LogP contribution is 2.29. The molecule has 1 aromatic carbocycles. The van der Waals surface area contributed by atoms with E-state index in [0.717, 1.165) is 56.0 Å². The number of aryl methyl sites for hydroxylation is 1. The van der Waals surface area contributed by atoms with Crippen LogP contribution in [0, 0.1) is 0 Å². The van der Waals surface area contributed by atoms with Crippen LogP contribution >= 0.6 is 12.2 Å². The van der Waals surface area contributed by atoms with Crippen LogP contribution in [0.1, 0.15) is 75.1 Å². The average molecular weight is 467 g/mol. The van der Waals surface area contributed by atoms with E-state index in [0.29, 0.717) is 23.1 Å². The molecule has 4 rings (SSSR count). The minimum atomic E-state index is 0.403. The van der Waals surface area contributed by atoms with Crippen LogP contribution in [0.3, 0.4) is 0 Å². The number of thiocarbonyl (C=S) groups is 1. The van der Waals surface area contributed by atoms with E-state index >= 15 is 0 Å². The van der Waals surface area contributed by atoms with Crippen LogP contribution in [0.5, 0.6) is 0 Å². The topological polar surface area (TPSA) is 65.1 Å². The number of hydrogen-bond donors (Lipinski definition) is 3. The van der Waals surface area contributed by atoms with Crippen molar-refractivity contribution in [2.45, 2.75) is 83.2 Å². The Morgan fingerprint density at radius 2 is 1.64 bits per heavy atom. The largest absolute Gasteiger partial charge is 0.362 e. The maximum Gasteiger partial charge on any atom is 0.225 e. The highest BCUT2D eigenvalue weighted by Gasteiger charge is 2.24. The third kappa shape index (κ3) is 6.14. The van der Waals surface area contributed by atoms with Gasteiger partial charge in [0.25, 0.3) is 0 Å². The SMILES string of the molecule is CC(C)c1ccc(NC(=S)NC2CCC(Nc3nc4c(c(N(C)C)n3)CCCC4)CC2)cc1. The fourth-order valence-electron chi connectivity index (χ4n) is 4.88. The Kier molecular flexibility index (Phi) is 7.68. The monoisotopic (exact) mass is 466 g/mol. The van der Waals surface area contributed by atoms with Crippen LogP contribution in [0.4, 0.5) is 17.5 Å². The van der Waals surface area contributed by atoms with Crippen molar-refractivity contribution in [3.63, 3.8) is 0 Å². The van der Waals surface area contributed by atoms with E-state index in [1.807, 2.05) is 0 Å². The van der Waals surface area contributed by atoms with Crippen LogP contribution in [0.25, 0.3) is 0 Å². The number of fused-ring (bicyclic) bond motifs is 1. The fourth-order valence-corrected chi connectivity index (χ4v) is 5.16. The summed E-state index contributed by atoms with van der Waals surface area (Å²) in [5, 5.41) is 11.2. The van der Waals surface area contributed by atoms with Gasteiger partial charge in [-0.25, -0.2) is 4.98 Å². The molecule has 0 atom stereocenters. The van der Waals surface area contributed by atoms with Crippen LogP contribution in [0.2, 0.25) is 0 Å². The molecule has 0 aliphatic heterocycles. The first-order valence-corrected chi connectivity index (χ1v) is 12.8. The fraction of sp³-hybridized carbons (Fsp3) is 0.577. The third-order valence-corrected chi connectivity index (χ3v) is 7.04. The second kappa shape index (κ2) is 10.7. The number of nitrogens with one attached hydrogen (secondary N) is 3. The minimum absolute atomic E-state index is 0.403. The summed E-state index contributed by atoms with van der Waals surface area (Å²) in [4.78, 5) is 11.9. The quantitative estimate of drug-likeness (QED) is 0.502. The van der Waals surface area contributed by atoms with Gasteiger partial charge < -0.3 is 20.9 Å². The normalized spacial score (nSPS) is 20.2. The molecule has 1 heterocycles. The molecule has 2 aliphatic rings. The van der Waals surface area contributed by atoms with E-state index in [-0.39, 0.29) is 0 Å². The molecule has 0 amide bonds. The van der Waals surface area contributed by atoms with E-state index in [9.17, 15) is 0 Å². The molecule has 1 aromatic heterocycles. The lowest BCUT2D eigenvalue weighted by Crippen LogP contribution is -2.42. The summed E-state index contributed by atoms with van der Waals surface area (Å²) < 4.78 is 0. The molecule has 0 unspecified atom stereocenters. The first-order chi connectivity index (χ1) is 15.9. The van der Waals surface area contributed by atoms with Gasteiger partial charge in [-0.15, -0.1) is 0 Å². The minimum Gasteiger partial charge on any atom is -0.362 e. The zero-order valence-corrected chi connectivity index (χ0v) is 21.3. The Hall–Kier alpha value is -2.41. The summed E-state index contributed by atoms with van der Waals surface area (Å²) in [5.41, 5.74) is 4.94. The lowest BCUT2D eigenvalue weighted by atomic mass is 9.91. The first-order valence-electron chi connectivity index (χ1n) is 12.4. The van der Waals surface area contributed by atoms with Crippen molar-refractivity contribution < 1.29 is 0 Å². The second-order valence-corrected chi connectivity index (χ2v) is 10.4. The van der Waals surface area contributed by atoms with Crippen LogP contribution in [0.15, 0.2) is 24.3 Å². The Morgan fingerprint density at radius 1 is 0.970 bits per heavy atom. The van der Waals surface area contributed by atoms with Gasteiger partial charge in [-0.2, -0.15) is 4.98 Å². The summed E-state index contributed by atoms with van der Waals surface area (Å²) >= 11 is 5.57. The molecule has 2 aromatic rings. The van der Waals surface area contributed by atoms with E-state index < -0.39 is 0 Å². The van der Waals surface area contributed by atoms with Crippen molar-refractivity contribution in [1.29, 1.82) is 0 Å². The molecule has 3 N–H and O–H groups in total. The van der Waals surface area contributed by atoms with Gasteiger partial charge in [-0.1, -0.05) is 26.0 Å². The lowest BCUT2D eigenvalue weighted by molar-refractivity contribution is 0.387. The molecule has 0 bridgehead atoms. The Morgan fingerprint density at radius 3 is 2.30 bits per heavy atom. The summed E-state index contributed by atoms with van der Waals surface area (Å²) in [7, 11) is 4.15. The molecule has 0 radical (unpaired) electrons. The molecule has 6 nitrogen and oxygen atoms in total. The number of anilines is 3. The van der Waals surface area contributed by atoms with E-state index in [1.165, 1.54) is 29.7 Å².